The molecule has 1 heterocycles. The van der Waals surface area contributed by atoms with E-state index in [0.29, 0.717) is 42.8 Å². The maximum Gasteiger partial charge on any atom is 0.343 e. The van der Waals surface area contributed by atoms with Crippen molar-refractivity contribution in [3.05, 3.63) is 121 Å². The van der Waals surface area contributed by atoms with Gasteiger partial charge in [-0.3, -0.25) is 4.79 Å². The number of hydrogen-bond donors (Lipinski definition) is 2. The lowest BCUT2D eigenvalue weighted by atomic mass is 10.0. The van der Waals surface area contributed by atoms with E-state index in [0.717, 1.165) is 9.86 Å². The molecule has 0 aliphatic heterocycles. The van der Waals surface area contributed by atoms with Gasteiger partial charge in [-0.2, -0.15) is 5.10 Å². The van der Waals surface area contributed by atoms with Gasteiger partial charge < -0.3 is 9.72 Å². The Balaban J connectivity index is 1.43. The second-order valence-electron chi connectivity index (χ2n) is 8.30. The van der Waals surface area contributed by atoms with Crippen LogP contribution in [0.4, 0.5) is 0 Å². The van der Waals surface area contributed by atoms with Crippen molar-refractivity contribution in [1.29, 1.82) is 0 Å². The molecule has 6 nitrogen and oxygen atoms in total. The van der Waals surface area contributed by atoms with Crippen LogP contribution in [-0.4, -0.2) is 23.1 Å². The standard InChI is InChI=1S/C29H17BrCl3N3O3/c30-18-13-21-25(20-6-2-3-7-22(20)32)27(35-26(21)23(33)14-18)28(37)36-34-15-17-5-1-4-8-24(17)39-29(38)16-9-11-19(31)12-10-16/h1-15,35H,(H,36,37). The Hall–Kier alpha value is -3.62. The van der Waals surface area contributed by atoms with Gasteiger partial charge in [-0.25, -0.2) is 10.2 Å². The fraction of sp³-hybridized carbons (Fsp3) is 0. The Bertz CT molecular complexity index is 1750. The molecule has 39 heavy (non-hydrogen) atoms. The number of hydrogen-bond acceptors (Lipinski definition) is 4. The average molecular weight is 642 g/mol. The molecule has 4 aromatic carbocycles. The van der Waals surface area contributed by atoms with Crippen LogP contribution in [0.5, 0.6) is 5.75 Å². The summed E-state index contributed by atoms with van der Waals surface area (Å²) >= 11 is 22.3. The molecular formula is C29H17BrCl3N3O3. The fourth-order valence-electron chi connectivity index (χ4n) is 3.98. The number of rotatable bonds is 6. The van der Waals surface area contributed by atoms with Crippen LogP contribution in [0.2, 0.25) is 15.1 Å². The number of aromatic nitrogens is 1. The number of ether oxygens (including phenoxy) is 1. The first-order chi connectivity index (χ1) is 18.8. The first-order valence-corrected chi connectivity index (χ1v) is 13.4. The maximum atomic E-state index is 13.3. The molecule has 5 rings (SSSR count). The SMILES string of the molecule is O=C(Oc1ccccc1C=NNC(=O)c1[nH]c2c(Cl)cc(Br)cc2c1-c1ccccc1Cl)c1ccc(Cl)cc1. The van der Waals surface area contributed by atoms with Crippen LogP contribution in [-0.2, 0) is 0 Å². The quantitative estimate of drug-likeness (QED) is 0.0844. The summed E-state index contributed by atoms with van der Waals surface area (Å²) in [5.74, 6) is -0.795. The zero-order chi connectivity index (χ0) is 27.5. The van der Waals surface area contributed by atoms with Crippen LogP contribution in [0.25, 0.3) is 22.0 Å². The normalized spacial score (nSPS) is 11.2. The molecule has 10 heteroatoms. The lowest BCUT2D eigenvalue weighted by Crippen LogP contribution is -2.19. The predicted molar refractivity (Wildman–Crippen MR) is 159 cm³/mol. The molecule has 0 aliphatic carbocycles. The van der Waals surface area contributed by atoms with Crippen LogP contribution >= 0.6 is 50.7 Å². The molecule has 0 spiro atoms. The highest BCUT2D eigenvalue weighted by Crippen LogP contribution is 2.40. The van der Waals surface area contributed by atoms with E-state index in [1.54, 1.807) is 60.7 Å². The third kappa shape index (κ3) is 5.87. The topological polar surface area (TPSA) is 83.5 Å². The van der Waals surface area contributed by atoms with Gasteiger partial charge >= 0.3 is 5.97 Å². The van der Waals surface area contributed by atoms with Gasteiger partial charge in [-0.05, 0) is 54.6 Å². The summed E-state index contributed by atoms with van der Waals surface area (Å²) < 4.78 is 6.29. The third-order valence-electron chi connectivity index (χ3n) is 5.77. The summed E-state index contributed by atoms with van der Waals surface area (Å²) in [6, 6.07) is 24.0. The van der Waals surface area contributed by atoms with Gasteiger partial charge in [-0.1, -0.05) is 81.1 Å². The molecule has 0 aliphatic rings. The van der Waals surface area contributed by atoms with Gasteiger partial charge in [0.1, 0.15) is 11.4 Å². The minimum atomic E-state index is -0.554. The molecule has 5 aromatic rings. The Morgan fingerprint density at radius 1 is 0.897 bits per heavy atom. The van der Waals surface area contributed by atoms with E-state index < -0.39 is 11.9 Å². The number of amides is 1. The largest absolute Gasteiger partial charge is 0.422 e. The van der Waals surface area contributed by atoms with Gasteiger partial charge in [0.2, 0.25) is 0 Å². The summed E-state index contributed by atoms with van der Waals surface area (Å²) in [7, 11) is 0. The summed E-state index contributed by atoms with van der Waals surface area (Å²) in [4.78, 5) is 29.0. The number of fused-ring (bicyclic) bond motifs is 1. The minimum absolute atomic E-state index is 0.234. The van der Waals surface area contributed by atoms with E-state index in [-0.39, 0.29) is 11.4 Å². The number of carbonyl (C=O) groups excluding carboxylic acids is 2. The Morgan fingerprint density at radius 3 is 2.38 bits per heavy atom. The highest BCUT2D eigenvalue weighted by Gasteiger charge is 2.22. The molecule has 0 saturated carbocycles. The third-order valence-corrected chi connectivity index (χ3v) is 7.10. The van der Waals surface area contributed by atoms with Crippen molar-refractivity contribution in [2.45, 2.75) is 0 Å². The second-order valence-corrected chi connectivity index (χ2v) is 10.5. The number of nitrogens with zero attached hydrogens (tertiary/aromatic N) is 1. The smallest absolute Gasteiger partial charge is 0.343 e. The number of carbonyl (C=O) groups is 2. The van der Waals surface area contributed by atoms with Crippen LogP contribution < -0.4 is 10.2 Å². The molecular weight excluding hydrogens is 625 g/mol. The molecule has 0 bridgehead atoms. The minimum Gasteiger partial charge on any atom is -0.422 e. The van der Waals surface area contributed by atoms with Crippen molar-refractivity contribution in [3.63, 3.8) is 0 Å². The number of nitrogens with one attached hydrogen (secondary N) is 2. The zero-order valence-corrected chi connectivity index (χ0v) is 23.7. The first kappa shape index (κ1) is 27.0. The van der Waals surface area contributed by atoms with E-state index >= 15 is 0 Å². The van der Waals surface area contributed by atoms with E-state index in [2.05, 4.69) is 31.4 Å². The number of para-hydroxylation sites is 1. The Kier molecular flexibility index (Phi) is 8.04. The van der Waals surface area contributed by atoms with Crippen molar-refractivity contribution in [2.75, 3.05) is 0 Å². The average Bonchev–Trinajstić information content (AvgIpc) is 3.30. The lowest BCUT2D eigenvalue weighted by molar-refractivity contribution is 0.0734. The molecule has 0 unspecified atom stereocenters. The number of hydrazone groups is 1. The van der Waals surface area contributed by atoms with Gasteiger partial charge in [-0.15, -0.1) is 0 Å². The fourth-order valence-corrected chi connectivity index (χ4v) is 5.19. The van der Waals surface area contributed by atoms with Gasteiger partial charge in [0.15, 0.2) is 0 Å². The number of aromatic amines is 1. The second kappa shape index (κ2) is 11.6. The summed E-state index contributed by atoms with van der Waals surface area (Å²) in [6.07, 6.45) is 1.39. The Labute approximate surface area is 246 Å². The number of benzene rings is 4. The lowest BCUT2D eigenvalue weighted by Gasteiger charge is -2.08. The van der Waals surface area contributed by atoms with E-state index in [1.807, 2.05) is 24.3 Å². The van der Waals surface area contributed by atoms with Gasteiger partial charge in [0.25, 0.3) is 5.91 Å². The van der Waals surface area contributed by atoms with Gasteiger partial charge in [0, 0.05) is 36.6 Å². The number of H-pyrrole nitrogens is 1. The van der Waals surface area contributed by atoms with Crippen molar-refractivity contribution >= 4 is 79.7 Å². The maximum absolute atomic E-state index is 13.3. The number of halogens is 4. The molecule has 2 N–H and O–H groups in total. The molecule has 0 saturated heterocycles. The molecule has 0 radical (unpaired) electrons. The van der Waals surface area contributed by atoms with Crippen molar-refractivity contribution in [2.24, 2.45) is 5.10 Å². The van der Waals surface area contributed by atoms with E-state index in [9.17, 15) is 9.59 Å². The highest BCUT2D eigenvalue weighted by molar-refractivity contribution is 9.10. The van der Waals surface area contributed by atoms with Crippen molar-refractivity contribution in [1.82, 2.24) is 10.4 Å². The number of esters is 1. The van der Waals surface area contributed by atoms with Crippen LogP contribution in [0, 0.1) is 0 Å². The van der Waals surface area contributed by atoms with Gasteiger partial charge in [0.05, 0.1) is 22.3 Å². The molecule has 1 amide bonds. The van der Waals surface area contributed by atoms with Crippen LogP contribution in [0.1, 0.15) is 26.4 Å². The zero-order valence-electron chi connectivity index (χ0n) is 19.8. The summed E-state index contributed by atoms with van der Waals surface area (Å²) in [5, 5.41) is 6.25. The summed E-state index contributed by atoms with van der Waals surface area (Å²) in [5.41, 5.74) is 5.43. The predicted octanol–water partition coefficient (Wildman–Crippen LogP) is 8.54. The Morgan fingerprint density at radius 2 is 1.62 bits per heavy atom. The van der Waals surface area contributed by atoms with Crippen LogP contribution in [0.3, 0.4) is 0 Å². The van der Waals surface area contributed by atoms with E-state index in [1.165, 1.54) is 6.21 Å². The molecule has 1 aromatic heterocycles. The van der Waals surface area contributed by atoms with E-state index in [4.69, 9.17) is 39.5 Å². The molecule has 0 fully saturated rings. The van der Waals surface area contributed by atoms with Crippen LogP contribution in [0.15, 0.2) is 94.5 Å². The highest BCUT2D eigenvalue weighted by atomic mass is 79.9. The molecule has 0 atom stereocenters. The van der Waals surface area contributed by atoms with Crippen molar-refractivity contribution in [3.8, 4) is 16.9 Å². The summed E-state index contributed by atoms with van der Waals surface area (Å²) in [6.45, 7) is 0. The molecule has 194 valence electrons. The monoisotopic (exact) mass is 639 g/mol. The van der Waals surface area contributed by atoms with Crippen molar-refractivity contribution < 1.29 is 14.3 Å². The first-order valence-electron chi connectivity index (χ1n) is 11.5.